The summed E-state index contributed by atoms with van der Waals surface area (Å²) in [6.07, 6.45) is 0. The van der Waals surface area contributed by atoms with Crippen molar-refractivity contribution in [1.29, 1.82) is 0 Å². The summed E-state index contributed by atoms with van der Waals surface area (Å²) in [5, 5.41) is 7.01. The summed E-state index contributed by atoms with van der Waals surface area (Å²) in [6.45, 7) is 12.6. The molecule has 152 valence electrons. The second-order valence-corrected chi connectivity index (χ2v) is 9.13. The number of carbonyl (C=O) groups is 1. The number of nitrogens with one attached hydrogen (secondary N) is 2. The molecule has 0 fully saturated rings. The molecule has 3 aromatic rings. The van der Waals surface area contributed by atoms with E-state index in [0.717, 1.165) is 37.8 Å². The first-order chi connectivity index (χ1) is 13.8. The number of para-hydroxylation sites is 1. The van der Waals surface area contributed by atoms with Crippen LogP contribution in [0.1, 0.15) is 61.2 Å². The maximum Gasteiger partial charge on any atom is 0.324 e. The lowest BCUT2D eigenvalue weighted by Crippen LogP contribution is -2.22. The highest BCUT2D eigenvalue weighted by atomic mass is 32.1. The third-order valence-corrected chi connectivity index (χ3v) is 5.97. The highest BCUT2D eigenvalue weighted by Gasteiger charge is 2.19. The molecule has 0 aliphatic heterocycles. The van der Waals surface area contributed by atoms with E-state index in [2.05, 4.69) is 80.6 Å². The number of thiazole rings is 1. The van der Waals surface area contributed by atoms with Crippen LogP contribution in [0.25, 0.3) is 10.4 Å². The molecule has 0 aliphatic carbocycles. The number of anilines is 2. The van der Waals surface area contributed by atoms with E-state index in [0.29, 0.717) is 17.7 Å². The zero-order valence-corrected chi connectivity index (χ0v) is 18.8. The zero-order valence-electron chi connectivity index (χ0n) is 18.0. The Balaban J connectivity index is 1.91. The van der Waals surface area contributed by atoms with Crippen LogP contribution in [0.5, 0.6) is 0 Å². The number of amides is 2. The van der Waals surface area contributed by atoms with E-state index in [1.165, 1.54) is 0 Å². The van der Waals surface area contributed by atoms with Crippen LogP contribution in [0, 0.1) is 13.8 Å². The van der Waals surface area contributed by atoms with E-state index in [9.17, 15) is 4.79 Å². The molecule has 0 radical (unpaired) electrons. The smallest absolute Gasteiger partial charge is 0.307 e. The fraction of sp³-hybridized carbons (Fsp3) is 0.333. The standard InChI is InChI=1S/C24H29N3OS/c1-14(2)18-12-9-13-19(15(3)4)21(18)26-24(28)27-23-22(29-17(6)25-23)20-11-8-7-10-16(20)5/h7-15H,1-6H3,(H2,26,27,28). The molecular formula is C24H29N3OS. The molecule has 5 heteroatoms. The lowest BCUT2D eigenvalue weighted by Gasteiger charge is -2.20. The maximum atomic E-state index is 13.0. The maximum absolute atomic E-state index is 13.0. The number of urea groups is 1. The van der Waals surface area contributed by atoms with Crippen LogP contribution in [-0.4, -0.2) is 11.0 Å². The summed E-state index contributed by atoms with van der Waals surface area (Å²) in [6, 6.07) is 14.1. The van der Waals surface area contributed by atoms with Gasteiger partial charge < -0.3 is 5.32 Å². The fourth-order valence-corrected chi connectivity index (χ4v) is 4.43. The van der Waals surface area contributed by atoms with Crippen molar-refractivity contribution in [2.75, 3.05) is 10.6 Å². The van der Waals surface area contributed by atoms with Crippen LogP contribution in [0.15, 0.2) is 42.5 Å². The van der Waals surface area contributed by atoms with Crippen LogP contribution in [0.3, 0.4) is 0 Å². The Morgan fingerprint density at radius 3 is 2.10 bits per heavy atom. The zero-order chi connectivity index (χ0) is 21.1. The number of benzene rings is 2. The minimum Gasteiger partial charge on any atom is -0.307 e. The van der Waals surface area contributed by atoms with Crippen molar-refractivity contribution in [1.82, 2.24) is 4.98 Å². The third-order valence-electron chi connectivity index (χ3n) is 4.97. The van der Waals surface area contributed by atoms with Gasteiger partial charge in [0.1, 0.15) is 0 Å². The summed E-state index contributed by atoms with van der Waals surface area (Å²) >= 11 is 1.59. The normalized spacial score (nSPS) is 11.2. The van der Waals surface area contributed by atoms with Gasteiger partial charge in [0.15, 0.2) is 5.82 Å². The molecule has 0 saturated heterocycles. The molecule has 1 heterocycles. The van der Waals surface area contributed by atoms with Crippen molar-refractivity contribution in [2.45, 2.75) is 53.4 Å². The van der Waals surface area contributed by atoms with Gasteiger partial charge in [0, 0.05) is 5.69 Å². The van der Waals surface area contributed by atoms with E-state index in [1.54, 1.807) is 11.3 Å². The lowest BCUT2D eigenvalue weighted by atomic mass is 9.93. The van der Waals surface area contributed by atoms with E-state index >= 15 is 0 Å². The molecule has 1 aromatic heterocycles. The van der Waals surface area contributed by atoms with Crippen molar-refractivity contribution in [2.24, 2.45) is 0 Å². The Bertz CT molecular complexity index is 994. The largest absolute Gasteiger partial charge is 0.324 e. The fourth-order valence-electron chi connectivity index (χ4n) is 3.47. The second-order valence-electron chi connectivity index (χ2n) is 7.93. The number of carbonyl (C=O) groups excluding carboxylic acids is 1. The van der Waals surface area contributed by atoms with Gasteiger partial charge in [-0.2, -0.15) is 0 Å². The molecule has 29 heavy (non-hydrogen) atoms. The topological polar surface area (TPSA) is 54.0 Å². The van der Waals surface area contributed by atoms with Gasteiger partial charge in [-0.15, -0.1) is 11.3 Å². The van der Waals surface area contributed by atoms with Gasteiger partial charge >= 0.3 is 6.03 Å². The van der Waals surface area contributed by atoms with Gasteiger partial charge in [-0.3, -0.25) is 5.32 Å². The molecule has 0 atom stereocenters. The number of aryl methyl sites for hydroxylation is 2. The molecule has 0 unspecified atom stereocenters. The third kappa shape index (κ3) is 4.67. The molecule has 0 saturated carbocycles. The van der Waals surface area contributed by atoms with Crippen molar-refractivity contribution >= 4 is 28.9 Å². The Hall–Kier alpha value is -2.66. The average molecular weight is 408 g/mol. The van der Waals surface area contributed by atoms with Gasteiger partial charge in [-0.05, 0) is 47.9 Å². The Morgan fingerprint density at radius 2 is 1.52 bits per heavy atom. The molecule has 0 spiro atoms. The van der Waals surface area contributed by atoms with Crippen molar-refractivity contribution in [3.63, 3.8) is 0 Å². The number of hydrogen-bond donors (Lipinski definition) is 2. The van der Waals surface area contributed by atoms with E-state index < -0.39 is 0 Å². The molecule has 0 aliphatic rings. The quantitative estimate of drug-likeness (QED) is 0.465. The van der Waals surface area contributed by atoms with E-state index in [4.69, 9.17) is 0 Å². The van der Waals surface area contributed by atoms with Crippen molar-refractivity contribution in [3.8, 4) is 10.4 Å². The predicted octanol–water partition coefficient (Wildman–Crippen LogP) is 7.32. The van der Waals surface area contributed by atoms with Crippen molar-refractivity contribution in [3.05, 3.63) is 64.2 Å². The summed E-state index contributed by atoms with van der Waals surface area (Å²) in [5.74, 6) is 1.23. The minimum atomic E-state index is -0.264. The van der Waals surface area contributed by atoms with Crippen LogP contribution in [-0.2, 0) is 0 Å². The van der Waals surface area contributed by atoms with Crippen LogP contribution in [0.2, 0.25) is 0 Å². The van der Waals surface area contributed by atoms with Crippen LogP contribution in [0.4, 0.5) is 16.3 Å². The number of aromatic nitrogens is 1. The first-order valence-electron chi connectivity index (χ1n) is 10.0. The summed E-state index contributed by atoms with van der Waals surface area (Å²) < 4.78 is 0. The monoisotopic (exact) mass is 407 g/mol. The van der Waals surface area contributed by atoms with Gasteiger partial charge in [0.25, 0.3) is 0 Å². The SMILES string of the molecule is Cc1nc(NC(=O)Nc2c(C(C)C)cccc2C(C)C)c(-c2ccccc2C)s1. The molecule has 2 aromatic carbocycles. The van der Waals surface area contributed by atoms with Crippen LogP contribution < -0.4 is 10.6 Å². The lowest BCUT2D eigenvalue weighted by molar-refractivity contribution is 0.262. The Labute approximate surface area is 177 Å². The first kappa shape index (κ1) is 21.1. The second kappa shape index (κ2) is 8.78. The molecule has 2 amide bonds. The molecular weight excluding hydrogens is 378 g/mol. The predicted molar refractivity (Wildman–Crippen MR) is 124 cm³/mol. The van der Waals surface area contributed by atoms with E-state index in [-0.39, 0.29) is 6.03 Å². The Morgan fingerprint density at radius 1 is 0.897 bits per heavy atom. The minimum absolute atomic E-state index is 0.264. The molecule has 0 bridgehead atoms. The number of nitrogens with zero attached hydrogens (tertiary/aromatic N) is 1. The van der Waals surface area contributed by atoms with Gasteiger partial charge in [-0.1, -0.05) is 70.2 Å². The number of hydrogen-bond acceptors (Lipinski definition) is 3. The average Bonchev–Trinajstić information content (AvgIpc) is 3.01. The summed E-state index contributed by atoms with van der Waals surface area (Å²) in [4.78, 5) is 18.5. The highest BCUT2D eigenvalue weighted by Crippen LogP contribution is 2.36. The van der Waals surface area contributed by atoms with Gasteiger partial charge in [-0.25, -0.2) is 9.78 Å². The first-order valence-corrected chi connectivity index (χ1v) is 10.8. The molecule has 3 rings (SSSR count). The summed E-state index contributed by atoms with van der Waals surface area (Å²) in [7, 11) is 0. The highest BCUT2D eigenvalue weighted by molar-refractivity contribution is 7.15. The number of rotatable bonds is 5. The van der Waals surface area contributed by atoms with E-state index in [1.807, 2.05) is 19.1 Å². The molecule has 2 N–H and O–H groups in total. The summed E-state index contributed by atoms with van der Waals surface area (Å²) in [5.41, 5.74) is 5.44. The van der Waals surface area contributed by atoms with Crippen LogP contribution >= 0.6 is 11.3 Å². The van der Waals surface area contributed by atoms with Gasteiger partial charge in [0.2, 0.25) is 0 Å². The van der Waals surface area contributed by atoms with Crippen molar-refractivity contribution < 1.29 is 4.79 Å². The Kier molecular flexibility index (Phi) is 6.38. The molecule has 4 nitrogen and oxygen atoms in total. The van der Waals surface area contributed by atoms with Gasteiger partial charge in [0.05, 0.1) is 9.88 Å².